The molecule has 2 rings (SSSR count). The third-order valence-electron chi connectivity index (χ3n) is 3.37. The Kier molecular flexibility index (Phi) is 5.20. The molecule has 0 bridgehead atoms. The van der Waals surface area contributed by atoms with Gasteiger partial charge in [-0.2, -0.15) is 0 Å². The van der Waals surface area contributed by atoms with Crippen LogP contribution in [0.4, 0.5) is 0 Å². The van der Waals surface area contributed by atoms with Gasteiger partial charge in [-0.05, 0) is 31.0 Å². The van der Waals surface area contributed by atoms with Crippen LogP contribution in [0.1, 0.15) is 25.0 Å². The van der Waals surface area contributed by atoms with E-state index in [2.05, 4.69) is 30.5 Å². The minimum Gasteiger partial charge on any atom is -0.487 e. The molecule has 0 saturated heterocycles. The Morgan fingerprint density at radius 1 is 1.43 bits per heavy atom. The van der Waals surface area contributed by atoms with Crippen LogP contribution in [0.3, 0.4) is 0 Å². The molecule has 0 aliphatic carbocycles. The molecule has 1 aliphatic heterocycles. The summed E-state index contributed by atoms with van der Waals surface area (Å²) in [4.78, 5) is 11.5. The molecule has 0 saturated carbocycles. The number of ether oxygens (including phenoxy) is 2. The molecule has 1 aromatic rings. The number of methoxy groups -OCH3 is 1. The van der Waals surface area contributed by atoms with Gasteiger partial charge >= 0.3 is 0 Å². The lowest BCUT2D eigenvalue weighted by molar-refractivity contribution is -0.120. The molecule has 1 heterocycles. The number of rotatable bonds is 7. The quantitative estimate of drug-likeness (QED) is 0.743. The Morgan fingerprint density at radius 2 is 2.24 bits per heavy atom. The third-order valence-corrected chi connectivity index (χ3v) is 3.37. The van der Waals surface area contributed by atoms with Crippen molar-refractivity contribution < 1.29 is 14.3 Å². The summed E-state index contributed by atoms with van der Waals surface area (Å²) in [5.41, 5.74) is 2.29. The first kappa shape index (κ1) is 15.8. The standard InChI is InChI=1S/C16H24N2O3/c1-16(2)9-13-8-12(4-5-14(13)21-16)10-17-11-15(19)18-6-7-20-3/h4-5,8,17H,6-7,9-11H2,1-3H3,(H,18,19). The summed E-state index contributed by atoms with van der Waals surface area (Å²) >= 11 is 0. The van der Waals surface area contributed by atoms with E-state index in [4.69, 9.17) is 9.47 Å². The topological polar surface area (TPSA) is 59.6 Å². The molecule has 2 N–H and O–H groups in total. The van der Waals surface area contributed by atoms with Crippen molar-refractivity contribution in [2.45, 2.75) is 32.4 Å². The molecular formula is C16H24N2O3. The predicted octanol–water partition coefficient (Wildman–Crippen LogP) is 1.25. The Labute approximate surface area is 126 Å². The van der Waals surface area contributed by atoms with Gasteiger partial charge in [0.15, 0.2) is 0 Å². The molecule has 1 aromatic carbocycles. The number of benzene rings is 1. The highest BCUT2D eigenvalue weighted by molar-refractivity contribution is 5.77. The molecule has 0 unspecified atom stereocenters. The summed E-state index contributed by atoms with van der Waals surface area (Å²) in [6.45, 7) is 6.24. The molecular weight excluding hydrogens is 268 g/mol. The van der Waals surface area contributed by atoms with Crippen molar-refractivity contribution in [3.63, 3.8) is 0 Å². The predicted molar refractivity (Wildman–Crippen MR) is 81.4 cm³/mol. The summed E-state index contributed by atoms with van der Waals surface area (Å²) in [7, 11) is 1.61. The van der Waals surface area contributed by atoms with Gasteiger partial charge in [0.2, 0.25) is 5.91 Å². The largest absolute Gasteiger partial charge is 0.487 e. The van der Waals surface area contributed by atoms with E-state index in [9.17, 15) is 4.79 Å². The number of carbonyl (C=O) groups excluding carboxylic acids is 1. The summed E-state index contributed by atoms with van der Waals surface area (Å²) in [6, 6.07) is 6.20. The van der Waals surface area contributed by atoms with Crippen molar-refractivity contribution in [3.05, 3.63) is 29.3 Å². The summed E-state index contributed by atoms with van der Waals surface area (Å²) in [5.74, 6) is 0.957. The molecule has 0 radical (unpaired) electrons. The highest BCUT2D eigenvalue weighted by atomic mass is 16.5. The molecule has 21 heavy (non-hydrogen) atoms. The summed E-state index contributed by atoms with van der Waals surface area (Å²) < 4.78 is 10.7. The lowest BCUT2D eigenvalue weighted by Crippen LogP contribution is -2.35. The van der Waals surface area contributed by atoms with Crippen LogP contribution in [-0.2, 0) is 22.5 Å². The molecule has 1 aliphatic rings. The van der Waals surface area contributed by atoms with Gasteiger partial charge in [0.05, 0.1) is 13.2 Å². The van der Waals surface area contributed by atoms with Crippen molar-refractivity contribution in [3.8, 4) is 5.75 Å². The van der Waals surface area contributed by atoms with E-state index >= 15 is 0 Å². The zero-order valence-corrected chi connectivity index (χ0v) is 13.0. The second kappa shape index (κ2) is 6.91. The maximum Gasteiger partial charge on any atom is 0.234 e. The van der Waals surface area contributed by atoms with E-state index in [1.165, 1.54) is 11.1 Å². The van der Waals surface area contributed by atoms with Gasteiger partial charge in [0.25, 0.3) is 0 Å². The Morgan fingerprint density at radius 3 is 3.00 bits per heavy atom. The van der Waals surface area contributed by atoms with E-state index in [-0.39, 0.29) is 11.5 Å². The van der Waals surface area contributed by atoms with Gasteiger partial charge in [-0.1, -0.05) is 12.1 Å². The fourth-order valence-corrected chi connectivity index (χ4v) is 2.45. The number of hydrogen-bond donors (Lipinski definition) is 2. The van der Waals surface area contributed by atoms with Crippen molar-refractivity contribution in [2.75, 3.05) is 26.8 Å². The number of nitrogens with one attached hydrogen (secondary N) is 2. The highest BCUT2D eigenvalue weighted by Gasteiger charge is 2.29. The van der Waals surface area contributed by atoms with Gasteiger partial charge in [0, 0.05) is 26.6 Å². The SMILES string of the molecule is COCCNC(=O)CNCc1ccc2c(c1)CC(C)(C)O2. The van der Waals surface area contributed by atoms with Gasteiger partial charge in [-0.15, -0.1) is 0 Å². The molecule has 116 valence electrons. The van der Waals surface area contributed by atoms with Crippen LogP contribution in [0.15, 0.2) is 18.2 Å². The van der Waals surface area contributed by atoms with Crippen molar-refractivity contribution in [2.24, 2.45) is 0 Å². The maximum atomic E-state index is 11.5. The van der Waals surface area contributed by atoms with Gasteiger partial charge in [0.1, 0.15) is 11.4 Å². The number of carbonyl (C=O) groups is 1. The van der Waals surface area contributed by atoms with Crippen LogP contribution in [0.2, 0.25) is 0 Å². The first-order valence-electron chi connectivity index (χ1n) is 7.27. The molecule has 1 amide bonds. The molecule has 5 nitrogen and oxygen atoms in total. The molecule has 0 fully saturated rings. The molecule has 5 heteroatoms. The van der Waals surface area contributed by atoms with E-state index in [1.54, 1.807) is 7.11 Å². The van der Waals surface area contributed by atoms with Crippen LogP contribution in [0, 0.1) is 0 Å². The van der Waals surface area contributed by atoms with E-state index in [0.29, 0.717) is 26.2 Å². The third kappa shape index (κ3) is 4.72. The van der Waals surface area contributed by atoms with Crippen LogP contribution >= 0.6 is 0 Å². The van der Waals surface area contributed by atoms with Crippen LogP contribution in [0.5, 0.6) is 5.75 Å². The summed E-state index contributed by atoms with van der Waals surface area (Å²) in [5, 5.41) is 5.92. The normalized spacial score (nSPS) is 15.4. The van der Waals surface area contributed by atoms with Crippen LogP contribution in [0.25, 0.3) is 0 Å². The zero-order chi connectivity index (χ0) is 15.3. The fourth-order valence-electron chi connectivity index (χ4n) is 2.45. The van der Waals surface area contributed by atoms with Gasteiger partial charge in [-0.25, -0.2) is 0 Å². The molecule has 0 atom stereocenters. The van der Waals surface area contributed by atoms with Crippen LogP contribution in [-0.4, -0.2) is 38.3 Å². The smallest absolute Gasteiger partial charge is 0.234 e. The average Bonchev–Trinajstić information content (AvgIpc) is 2.72. The van der Waals surface area contributed by atoms with E-state index in [0.717, 1.165) is 12.2 Å². The second-order valence-corrected chi connectivity index (χ2v) is 5.93. The van der Waals surface area contributed by atoms with E-state index < -0.39 is 0 Å². The first-order chi connectivity index (χ1) is 10.00. The Balaban J connectivity index is 1.76. The summed E-state index contributed by atoms with van der Waals surface area (Å²) in [6.07, 6.45) is 0.924. The number of hydrogen-bond acceptors (Lipinski definition) is 4. The average molecular weight is 292 g/mol. The van der Waals surface area contributed by atoms with Gasteiger partial charge < -0.3 is 20.1 Å². The number of amides is 1. The van der Waals surface area contributed by atoms with Crippen molar-refractivity contribution in [1.82, 2.24) is 10.6 Å². The maximum absolute atomic E-state index is 11.5. The highest BCUT2D eigenvalue weighted by Crippen LogP contribution is 2.35. The Hall–Kier alpha value is -1.59. The van der Waals surface area contributed by atoms with Crippen LogP contribution < -0.4 is 15.4 Å². The fraction of sp³-hybridized carbons (Fsp3) is 0.562. The van der Waals surface area contributed by atoms with Crippen molar-refractivity contribution >= 4 is 5.91 Å². The van der Waals surface area contributed by atoms with Crippen molar-refractivity contribution in [1.29, 1.82) is 0 Å². The minimum absolute atomic E-state index is 0.0160. The van der Waals surface area contributed by atoms with E-state index in [1.807, 2.05) is 12.1 Å². The van der Waals surface area contributed by atoms with Gasteiger partial charge in [-0.3, -0.25) is 4.79 Å². The second-order valence-electron chi connectivity index (χ2n) is 5.93. The first-order valence-corrected chi connectivity index (χ1v) is 7.27. The molecule has 0 aromatic heterocycles. The number of fused-ring (bicyclic) bond motifs is 1. The lowest BCUT2D eigenvalue weighted by atomic mass is 10.0. The molecule has 0 spiro atoms. The zero-order valence-electron chi connectivity index (χ0n) is 13.0. The monoisotopic (exact) mass is 292 g/mol. The lowest BCUT2D eigenvalue weighted by Gasteiger charge is -2.16. The minimum atomic E-state index is -0.115. The Bertz CT molecular complexity index is 500.